The van der Waals surface area contributed by atoms with E-state index in [1.165, 1.54) is 11.1 Å². The van der Waals surface area contributed by atoms with Crippen molar-refractivity contribution < 1.29 is 4.74 Å². The number of nitrogens with zero attached hydrogens (tertiary/aromatic N) is 2. The highest BCUT2D eigenvalue weighted by Crippen LogP contribution is 2.30. The highest BCUT2D eigenvalue weighted by Gasteiger charge is 2.17. The first-order valence-electron chi connectivity index (χ1n) is 8.74. The molecule has 1 aliphatic heterocycles. The van der Waals surface area contributed by atoms with Gasteiger partial charge in [-0.1, -0.05) is 6.07 Å². The molecule has 0 aliphatic carbocycles. The molecule has 0 spiro atoms. The maximum absolute atomic E-state index is 5.85. The summed E-state index contributed by atoms with van der Waals surface area (Å²) >= 11 is 0. The summed E-state index contributed by atoms with van der Waals surface area (Å²) in [6.07, 6.45) is 6.06. The molecular formula is C20H27N3O. The number of hydrogen-bond acceptors (Lipinski definition) is 4. The zero-order valence-corrected chi connectivity index (χ0v) is 14.8. The van der Waals surface area contributed by atoms with Crippen LogP contribution in [0.1, 0.15) is 25.0 Å². The molecule has 1 N–H and O–H groups in total. The molecule has 0 bridgehead atoms. The van der Waals surface area contributed by atoms with Gasteiger partial charge in [-0.05, 0) is 69.1 Å². The molecule has 0 amide bonds. The molecule has 1 aromatic heterocycles. The first-order valence-corrected chi connectivity index (χ1v) is 8.74. The van der Waals surface area contributed by atoms with Gasteiger partial charge in [0.15, 0.2) is 0 Å². The number of rotatable bonds is 6. The number of fused-ring (bicyclic) bond motifs is 1. The standard InChI is InChI=1S/C20H27N3O/c1-15(23(3)11-8-17-6-9-21-10-7-17)12-18-4-5-20-19(13-18)22-14-16(2)24-20/h4-7,9-10,13,15-16,22H,8,11-12,14H2,1-3H3. The van der Waals surface area contributed by atoms with E-state index in [0.717, 1.165) is 37.4 Å². The molecule has 128 valence electrons. The van der Waals surface area contributed by atoms with Crippen molar-refractivity contribution in [2.45, 2.75) is 38.8 Å². The topological polar surface area (TPSA) is 37.4 Å². The molecule has 3 rings (SSSR count). The van der Waals surface area contributed by atoms with Crippen molar-refractivity contribution in [3.63, 3.8) is 0 Å². The van der Waals surface area contributed by atoms with E-state index in [0.29, 0.717) is 6.04 Å². The molecule has 4 nitrogen and oxygen atoms in total. The van der Waals surface area contributed by atoms with E-state index in [1.807, 2.05) is 12.4 Å². The largest absolute Gasteiger partial charge is 0.487 e. The Morgan fingerprint density at radius 1 is 1.25 bits per heavy atom. The fraction of sp³-hybridized carbons (Fsp3) is 0.450. The minimum absolute atomic E-state index is 0.238. The van der Waals surface area contributed by atoms with Gasteiger partial charge in [-0.25, -0.2) is 0 Å². The first kappa shape index (κ1) is 16.8. The number of benzene rings is 1. The molecule has 2 atom stereocenters. The summed E-state index contributed by atoms with van der Waals surface area (Å²) in [5, 5.41) is 3.46. The van der Waals surface area contributed by atoms with Crippen LogP contribution in [0.15, 0.2) is 42.7 Å². The molecule has 0 fully saturated rings. The van der Waals surface area contributed by atoms with E-state index < -0.39 is 0 Å². The highest BCUT2D eigenvalue weighted by atomic mass is 16.5. The second kappa shape index (κ2) is 7.67. The van der Waals surface area contributed by atoms with Crippen LogP contribution in [0.25, 0.3) is 0 Å². The van der Waals surface area contributed by atoms with Gasteiger partial charge in [0.25, 0.3) is 0 Å². The maximum Gasteiger partial charge on any atom is 0.142 e. The maximum atomic E-state index is 5.85. The van der Waals surface area contributed by atoms with Gasteiger partial charge in [-0.2, -0.15) is 0 Å². The predicted molar refractivity (Wildman–Crippen MR) is 98.8 cm³/mol. The molecular weight excluding hydrogens is 298 g/mol. The van der Waals surface area contributed by atoms with Gasteiger partial charge in [0.1, 0.15) is 11.9 Å². The van der Waals surface area contributed by atoms with Gasteiger partial charge in [-0.3, -0.25) is 4.98 Å². The molecule has 2 heterocycles. The Balaban J connectivity index is 1.55. The third-order valence-electron chi connectivity index (χ3n) is 4.74. The zero-order chi connectivity index (χ0) is 16.9. The quantitative estimate of drug-likeness (QED) is 0.883. The van der Waals surface area contributed by atoms with Gasteiger partial charge in [0, 0.05) is 25.0 Å². The SMILES string of the molecule is CC1CNc2cc(CC(C)N(C)CCc3ccncc3)ccc2O1. The van der Waals surface area contributed by atoms with Crippen LogP contribution >= 0.6 is 0 Å². The average Bonchev–Trinajstić information content (AvgIpc) is 2.60. The lowest BCUT2D eigenvalue weighted by Crippen LogP contribution is -2.32. The van der Waals surface area contributed by atoms with Crippen molar-refractivity contribution in [2.24, 2.45) is 0 Å². The van der Waals surface area contributed by atoms with E-state index in [1.54, 1.807) is 0 Å². The van der Waals surface area contributed by atoms with Crippen LogP contribution in [-0.2, 0) is 12.8 Å². The Kier molecular flexibility index (Phi) is 5.36. The van der Waals surface area contributed by atoms with E-state index in [9.17, 15) is 0 Å². The third kappa shape index (κ3) is 4.26. The Morgan fingerprint density at radius 3 is 2.83 bits per heavy atom. The van der Waals surface area contributed by atoms with E-state index in [-0.39, 0.29) is 6.10 Å². The highest BCUT2D eigenvalue weighted by molar-refractivity contribution is 5.59. The zero-order valence-electron chi connectivity index (χ0n) is 14.8. The number of hydrogen-bond donors (Lipinski definition) is 1. The van der Waals surface area contributed by atoms with Crippen LogP contribution < -0.4 is 10.1 Å². The van der Waals surface area contributed by atoms with Crippen molar-refractivity contribution in [1.29, 1.82) is 0 Å². The Labute approximate surface area is 144 Å². The first-order chi connectivity index (χ1) is 11.6. The number of likely N-dealkylation sites (N-methyl/N-ethyl adjacent to an activating group) is 1. The van der Waals surface area contributed by atoms with Crippen molar-refractivity contribution in [3.8, 4) is 5.75 Å². The predicted octanol–water partition coefficient (Wildman–Crippen LogP) is 3.38. The minimum atomic E-state index is 0.238. The van der Waals surface area contributed by atoms with Crippen molar-refractivity contribution in [3.05, 3.63) is 53.9 Å². The van der Waals surface area contributed by atoms with Crippen molar-refractivity contribution in [2.75, 3.05) is 25.5 Å². The molecule has 1 aromatic carbocycles. The smallest absolute Gasteiger partial charge is 0.142 e. The molecule has 2 unspecified atom stereocenters. The second-order valence-corrected chi connectivity index (χ2v) is 6.78. The average molecular weight is 325 g/mol. The lowest BCUT2D eigenvalue weighted by Gasteiger charge is -2.27. The summed E-state index contributed by atoms with van der Waals surface area (Å²) in [5.41, 5.74) is 3.81. The lowest BCUT2D eigenvalue weighted by molar-refractivity contribution is 0.226. The molecule has 0 saturated carbocycles. The van der Waals surface area contributed by atoms with Gasteiger partial charge in [-0.15, -0.1) is 0 Å². The summed E-state index contributed by atoms with van der Waals surface area (Å²) < 4.78 is 5.85. The van der Waals surface area contributed by atoms with Crippen LogP contribution in [0.3, 0.4) is 0 Å². The summed E-state index contributed by atoms with van der Waals surface area (Å²) in [7, 11) is 2.20. The lowest BCUT2D eigenvalue weighted by atomic mass is 10.0. The van der Waals surface area contributed by atoms with Crippen molar-refractivity contribution in [1.82, 2.24) is 9.88 Å². The van der Waals surface area contributed by atoms with Gasteiger partial charge < -0.3 is 15.0 Å². The molecule has 0 radical (unpaired) electrons. The molecule has 0 saturated heterocycles. The summed E-state index contributed by atoms with van der Waals surface area (Å²) in [6, 6.07) is 11.2. The Hall–Kier alpha value is -2.07. The molecule has 4 heteroatoms. The van der Waals surface area contributed by atoms with Crippen LogP contribution in [0.2, 0.25) is 0 Å². The van der Waals surface area contributed by atoms with Gasteiger partial charge >= 0.3 is 0 Å². The minimum Gasteiger partial charge on any atom is -0.487 e. The number of anilines is 1. The fourth-order valence-corrected chi connectivity index (χ4v) is 3.03. The van der Waals surface area contributed by atoms with Crippen LogP contribution in [0.4, 0.5) is 5.69 Å². The molecule has 1 aliphatic rings. The summed E-state index contributed by atoms with van der Waals surface area (Å²) in [4.78, 5) is 6.50. The van der Waals surface area contributed by atoms with Crippen LogP contribution in [0, 0.1) is 0 Å². The van der Waals surface area contributed by atoms with E-state index in [4.69, 9.17) is 4.74 Å². The molecule has 24 heavy (non-hydrogen) atoms. The third-order valence-corrected chi connectivity index (χ3v) is 4.74. The number of nitrogens with one attached hydrogen (secondary N) is 1. The summed E-state index contributed by atoms with van der Waals surface area (Å²) in [5.74, 6) is 0.969. The Bertz CT molecular complexity index is 659. The van der Waals surface area contributed by atoms with E-state index in [2.05, 4.69) is 66.4 Å². The van der Waals surface area contributed by atoms with Crippen molar-refractivity contribution >= 4 is 5.69 Å². The second-order valence-electron chi connectivity index (χ2n) is 6.78. The number of pyridine rings is 1. The number of aromatic nitrogens is 1. The van der Waals surface area contributed by atoms with Crippen LogP contribution in [-0.4, -0.2) is 42.2 Å². The normalized spacial score (nSPS) is 17.8. The molecule has 2 aromatic rings. The number of ether oxygens (including phenoxy) is 1. The monoisotopic (exact) mass is 325 g/mol. The van der Waals surface area contributed by atoms with Crippen LogP contribution in [0.5, 0.6) is 5.75 Å². The van der Waals surface area contributed by atoms with Gasteiger partial charge in [0.05, 0.1) is 12.2 Å². The van der Waals surface area contributed by atoms with Gasteiger partial charge in [0.2, 0.25) is 0 Å². The fourth-order valence-electron chi connectivity index (χ4n) is 3.03. The Morgan fingerprint density at radius 2 is 2.04 bits per heavy atom. The summed E-state index contributed by atoms with van der Waals surface area (Å²) in [6.45, 7) is 6.30. The van der Waals surface area contributed by atoms with E-state index >= 15 is 0 Å².